The molecule has 0 bridgehead atoms. The van der Waals surface area contributed by atoms with Crippen molar-refractivity contribution >= 4 is 17.4 Å². The van der Waals surface area contributed by atoms with Crippen LogP contribution in [0.4, 0.5) is 5.82 Å². The molecule has 4 nitrogen and oxygen atoms in total. The van der Waals surface area contributed by atoms with E-state index in [9.17, 15) is 5.11 Å². The molecular weight excluding hydrogens is 276 g/mol. The van der Waals surface area contributed by atoms with E-state index in [1.807, 2.05) is 25.1 Å². The first kappa shape index (κ1) is 14.6. The molecule has 106 valence electrons. The zero-order valence-electron chi connectivity index (χ0n) is 11.2. The van der Waals surface area contributed by atoms with Crippen molar-refractivity contribution in [2.24, 2.45) is 0 Å². The minimum absolute atomic E-state index is 0.266. The van der Waals surface area contributed by atoms with E-state index >= 15 is 0 Å². The number of aliphatic hydroxyl groups excluding tert-OH is 1. The van der Waals surface area contributed by atoms with Gasteiger partial charge in [-0.05, 0) is 30.2 Å². The normalized spacial score (nSPS) is 12.2. The fraction of sp³-hybridized carbons (Fsp3) is 0.267. The van der Waals surface area contributed by atoms with Gasteiger partial charge in [-0.25, -0.2) is 4.98 Å². The second-order valence-electron chi connectivity index (χ2n) is 4.45. The Morgan fingerprint density at radius 1 is 1.40 bits per heavy atom. The molecule has 2 rings (SSSR count). The maximum Gasteiger partial charge on any atom is 0.129 e. The minimum Gasteiger partial charge on any atom is -0.494 e. The number of hydrogen-bond donors (Lipinski definition) is 2. The van der Waals surface area contributed by atoms with Crippen molar-refractivity contribution in [1.29, 1.82) is 0 Å². The van der Waals surface area contributed by atoms with Gasteiger partial charge in [0.1, 0.15) is 17.7 Å². The van der Waals surface area contributed by atoms with Gasteiger partial charge in [-0.1, -0.05) is 30.7 Å². The molecule has 0 spiro atoms. The minimum atomic E-state index is -0.883. The Balaban J connectivity index is 2.28. The summed E-state index contributed by atoms with van der Waals surface area (Å²) in [5, 5.41) is 10.8. The van der Waals surface area contributed by atoms with Crippen LogP contribution in [0, 0.1) is 0 Å². The number of aromatic nitrogens is 1. The van der Waals surface area contributed by atoms with Crippen LogP contribution in [0.3, 0.4) is 0 Å². The number of pyridine rings is 1. The number of nitrogen functional groups attached to an aromatic ring is 1. The van der Waals surface area contributed by atoms with Gasteiger partial charge >= 0.3 is 0 Å². The van der Waals surface area contributed by atoms with Crippen molar-refractivity contribution in [2.45, 2.75) is 19.4 Å². The van der Waals surface area contributed by atoms with E-state index in [2.05, 4.69) is 4.98 Å². The van der Waals surface area contributed by atoms with Crippen LogP contribution in [0.25, 0.3) is 0 Å². The largest absolute Gasteiger partial charge is 0.494 e. The number of hydrogen-bond acceptors (Lipinski definition) is 4. The summed E-state index contributed by atoms with van der Waals surface area (Å²) in [6.07, 6.45) is 1.50. The number of rotatable bonds is 5. The van der Waals surface area contributed by atoms with Crippen LogP contribution in [-0.2, 0) is 0 Å². The van der Waals surface area contributed by atoms with E-state index in [0.29, 0.717) is 22.8 Å². The molecule has 0 fully saturated rings. The van der Waals surface area contributed by atoms with E-state index < -0.39 is 6.10 Å². The van der Waals surface area contributed by atoms with Gasteiger partial charge in [0.2, 0.25) is 0 Å². The molecule has 1 heterocycles. The highest BCUT2D eigenvalue weighted by Crippen LogP contribution is 2.29. The van der Waals surface area contributed by atoms with Crippen LogP contribution >= 0.6 is 11.6 Å². The summed E-state index contributed by atoms with van der Waals surface area (Å²) in [4.78, 5) is 3.95. The molecule has 3 N–H and O–H groups in total. The first-order valence-electron chi connectivity index (χ1n) is 6.43. The van der Waals surface area contributed by atoms with Crippen LogP contribution < -0.4 is 10.5 Å². The van der Waals surface area contributed by atoms with Gasteiger partial charge in [-0.3, -0.25) is 0 Å². The number of anilines is 1. The summed E-state index contributed by atoms with van der Waals surface area (Å²) < 4.78 is 5.55. The third-order valence-electron chi connectivity index (χ3n) is 2.86. The van der Waals surface area contributed by atoms with E-state index in [0.717, 1.165) is 12.2 Å². The van der Waals surface area contributed by atoms with Gasteiger partial charge in [0.05, 0.1) is 11.6 Å². The number of halogens is 1. The van der Waals surface area contributed by atoms with Gasteiger partial charge in [0.25, 0.3) is 0 Å². The summed E-state index contributed by atoms with van der Waals surface area (Å²) >= 11 is 5.89. The lowest BCUT2D eigenvalue weighted by atomic mass is 10.0. The lowest BCUT2D eigenvalue weighted by molar-refractivity contribution is 0.219. The molecule has 0 aliphatic carbocycles. The fourth-order valence-electron chi connectivity index (χ4n) is 1.86. The topological polar surface area (TPSA) is 68.4 Å². The van der Waals surface area contributed by atoms with Crippen molar-refractivity contribution < 1.29 is 9.84 Å². The maximum absolute atomic E-state index is 10.4. The molecule has 1 atom stereocenters. The fourth-order valence-corrected chi connectivity index (χ4v) is 2.02. The van der Waals surface area contributed by atoms with Gasteiger partial charge in [0, 0.05) is 11.8 Å². The molecule has 0 radical (unpaired) electrons. The van der Waals surface area contributed by atoms with E-state index in [-0.39, 0.29) is 5.82 Å². The molecule has 0 aliphatic rings. The summed E-state index contributed by atoms with van der Waals surface area (Å²) in [5.41, 5.74) is 6.97. The van der Waals surface area contributed by atoms with Crippen LogP contribution in [-0.4, -0.2) is 16.7 Å². The van der Waals surface area contributed by atoms with Crippen molar-refractivity contribution in [3.63, 3.8) is 0 Å². The van der Waals surface area contributed by atoms with Gasteiger partial charge in [-0.2, -0.15) is 0 Å². The Bertz CT molecular complexity index is 590. The number of benzene rings is 1. The lowest BCUT2D eigenvalue weighted by Crippen LogP contribution is -2.06. The van der Waals surface area contributed by atoms with Crippen molar-refractivity contribution in [2.75, 3.05) is 12.3 Å². The Kier molecular flexibility index (Phi) is 4.82. The highest BCUT2D eigenvalue weighted by atomic mass is 35.5. The first-order chi connectivity index (χ1) is 9.61. The van der Waals surface area contributed by atoms with Crippen molar-refractivity contribution in [3.05, 3.63) is 52.7 Å². The highest BCUT2D eigenvalue weighted by Gasteiger charge is 2.15. The molecule has 0 saturated carbocycles. The maximum atomic E-state index is 10.4. The average Bonchev–Trinajstić information content (AvgIpc) is 2.47. The van der Waals surface area contributed by atoms with E-state index in [1.165, 1.54) is 6.20 Å². The van der Waals surface area contributed by atoms with Crippen LogP contribution in [0.15, 0.2) is 36.5 Å². The number of nitrogens with zero attached hydrogens (tertiary/aromatic N) is 1. The predicted octanol–water partition coefficient (Wildman–Crippen LogP) is 3.19. The van der Waals surface area contributed by atoms with Gasteiger partial charge < -0.3 is 15.6 Å². The zero-order chi connectivity index (χ0) is 14.5. The Hall–Kier alpha value is -1.78. The van der Waals surface area contributed by atoms with E-state index in [1.54, 1.807) is 12.1 Å². The molecule has 2 aromatic rings. The number of aliphatic hydroxyl groups is 1. The Morgan fingerprint density at radius 2 is 2.20 bits per heavy atom. The molecule has 1 unspecified atom stereocenters. The van der Waals surface area contributed by atoms with Gasteiger partial charge in [-0.15, -0.1) is 0 Å². The molecule has 5 heteroatoms. The van der Waals surface area contributed by atoms with Crippen LogP contribution in [0.2, 0.25) is 5.02 Å². The second-order valence-corrected chi connectivity index (χ2v) is 4.89. The second kappa shape index (κ2) is 6.59. The summed E-state index contributed by atoms with van der Waals surface area (Å²) in [6.45, 7) is 2.68. The highest BCUT2D eigenvalue weighted by molar-refractivity contribution is 6.30. The molecule has 20 heavy (non-hydrogen) atoms. The molecule has 0 amide bonds. The standard InChI is InChI=1S/C15H17ClN2O2/c1-2-6-20-12-5-3-4-10(7-12)14(19)13-8-11(16)9-18-15(13)17/h3-5,7-9,14,19H,2,6H2,1H3,(H2,17,18). The average molecular weight is 293 g/mol. The summed E-state index contributed by atoms with van der Waals surface area (Å²) in [7, 11) is 0. The monoisotopic (exact) mass is 292 g/mol. The Labute approximate surface area is 123 Å². The van der Waals surface area contributed by atoms with Crippen molar-refractivity contribution in [3.8, 4) is 5.75 Å². The van der Waals surface area contributed by atoms with E-state index in [4.69, 9.17) is 22.1 Å². The van der Waals surface area contributed by atoms with Gasteiger partial charge in [0.15, 0.2) is 0 Å². The van der Waals surface area contributed by atoms with Crippen molar-refractivity contribution in [1.82, 2.24) is 4.98 Å². The molecule has 1 aromatic carbocycles. The SMILES string of the molecule is CCCOc1cccc(C(O)c2cc(Cl)cnc2N)c1. The third-order valence-corrected chi connectivity index (χ3v) is 3.06. The number of ether oxygens (including phenoxy) is 1. The molecular formula is C15H17ClN2O2. The smallest absolute Gasteiger partial charge is 0.129 e. The summed E-state index contributed by atoms with van der Waals surface area (Å²) in [5.74, 6) is 0.985. The molecule has 0 saturated heterocycles. The first-order valence-corrected chi connectivity index (χ1v) is 6.81. The Morgan fingerprint density at radius 3 is 2.95 bits per heavy atom. The zero-order valence-corrected chi connectivity index (χ0v) is 12.0. The predicted molar refractivity (Wildman–Crippen MR) is 79.9 cm³/mol. The number of nitrogens with two attached hydrogens (primary N) is 1. The lowest BCUT2D eigenvalue weighted by Gasteiger charge is -2.14. The third kappa shape index (κ3) is 3.40. The van der Waals surface area contributed by atoms with Crippen LogP contribution in [0.1, 0.15) is 30.6 Å². The summed E-state index contributed by atoms with van der Waals surface area (Å²) in [6, 6.07) is 8.90. The molecule has 1 aromatic heterocycles. The molecule has 0 aliphatic heterocycles. The van der Waals surface area contributed by atoms with Crippen LogP contribution in [0.5, 0.6) is 5.75 Å². The quantitative estimate of drug-likeness (QED) is 0.888.